The number of Topliss-reactive ketones (excluding diaryl/α,β-unsaturated/α-hetero) is 2. The van der Waals surface area contributed by atoms with Gasteiger partial charge < -0.3 is 10.4 Å². The van der Waals surface area contributed by atoms with Gasteiger partial charge in [-0.2, -0.15) is 0 Å². The van der Waals surface area contributed by atoms with Crippen LogP contribution in [-0.4, -0.2) is 16.7 Å². The topological polar surface area (TPSA) is 66.4 Å². The van der Waals surface area contributed by atoms with Crippen molar-refractivity contribution >= 4 is 22.9 Å². The number of hydrogen-bond donors (Lipinski definition) is 2. The van der Waals surface area contributed by atoms with E-state index in [1.807, 2.05) is 37.3 Å². The number of benzene rings is 2. The molecule has 0 saturated carbocycles. The number of carbonyl (C=O) groups is 2. The van der Waals surface area contributed by atoms with Crippen molar-refractivity contribution in [2.75, 3.05) is 5.32 Å². The SMILES string of the molecule is Cc1ccc(Nc2ccc(O)c3c2C(=O)C2=CC=CCC2C3=O)cc1. The highest BCUT2D eigenvalue weighted by Crippen LogP contribution is 2.41. The minimum Gasteiger partial charge on any atom is -0.507 e. The predicted molar refractivity (Wildman–Crippen MR) is 96.6 cm³/mol. The monoisotopic (exact) mass is 331 g/mol. The first-order valence-electron chi connectivity index (χ1n) is 8.21. The average molecular weight is 331 g/mol. The van der Waals surface area contributed by atoms with E-state index in [4.69, 9.17) is 0 Å². The van der Waals surface area contributed by atoms with Crippen molar-refractivity contribution in [3.63, 3.8) is 0 Å². The van der Waals surface area contributed by atoms with Gasteiger partial charge in [-0.1, -0.05) is 35.9 Å². The van der Waals surface area contributed by atoms with Crippen LogP contribution in [0.2, 0.25) is 0 Å². The molecule has 2 aliphatic rings. The van der Waals surface area contributed by atoms with E-state index in [9.17, 15) is 14.7 Å². The fraction of sp³-hybridized carbons (Fsp3) is 0.143. The van der Waals surface area contributed by atoms with Gasteiger partial charge >= 0.3 is 0 Å². The molecule has 2 aromatic rings. The van der Waals surface area contributed by atoms with E-state index in [1.165, 1.54) is 6.07 Å². The van der Waals surface area contributed by atoms with Crippen LogP contribution < -0.4 is 5.32 Å². The Balaban J connectivity index is 1.85. The molecule has 4 heteroatoms. The maximum absolute atomic E-state index is 13.0. The molecule has 2 N–H and O–H groups in total. The maximum Gasteiger partial charge on any atom is 0.192 e. The summed E-state index contributed by atoms with van der Waals surface area (Å²) in [6.07, 6.45) is 5.87. The normalized spacial score (nSPS) is 18.4. The van der Waals surface area contributed by atoms with Crippen LogP contribution in [0.5, 0.6) is 5.75 Å². The second kappa shape index (κ2) is 5.74. The summed E-state index contributed by atoms with van der Waals surface area (Å²) in [5.74, 6) is -1.04. The van der Waals surface area contributed by atoms with Gasteiger partial charge in [0.2, 0.25) is 0 Å². The molecule has 0 bridgehead atoms. The minimum absolute atomic E-state index is 0.125. The van der Waals surface area contributed by atoms with Crippen molar-refractivity contribution < 1.29 is 14.7 Å². The number of aryl methyl sites for hydroxylation is 1. The first-order valence-corrected chi connectivity index (χ1v) is 8.21. The van der Waals surface area contributed by atoms with E-state index in [0.717, 1.165) is 11.3 Å². The molecule has 2 aromatic carbocycles. The maximum atomic E-state index is 13.0. The van der Waals surface area contributed by atoms with Gasteiger partial charge in [-0.15, -0.1) is 0 Å². The number of ketones is 2. The summed E-state index contributed by atoms with van der Waals surface area (Å²) >= 11 is 0. The highest BCUT2D eigenvalue weighted by molar-refractivity contribution is 6.27. The summed E-state index contributed by atoms with van der Waals surface area (Å²) in [6.45, 7) is 2.00. The average Bonchev–Trinajstić information content (AvgIpc) is 2.63. The highest BCUT2D eigenvalue weighted by atomic mass is 16.3. The van der Waals surface area contributed by atoms with E-state index >= 15 is 0 Å². The van der Waals surface area contributed by atoms with Crippen molar-refractivity contribution in [3.8, 4) is 5.75 Å². The number of phenols is 1. The molecule has 1 unspecified atom stereocenters. The first kappa shape index (κ1) is 15.4. The lowest BCUT2D eigenvalue weighted by Gasteiger charge is -2.28. The Hall–Kier alpha value is -3.14. The molecule has 2 aliphatic carbocycles. The molecule has 4 nitrogen and oxygen atoms in total. The zero-order valence-electron chi connectivity index (χ0n) is 13.7. The van der Waals surface area contributed by atoms with E-state index in [-0.39, 0.29) is 28.4 Å². The van der Waals surface area contributed by atoms with Crippen LogP contribution in [0.15, 0.2) is 60.2 Å². The second-order valence-corrected chi connectivity index (χ2v) is 6.41. The number of phenolic OH excluding ortho intramolecular Hbond substituents is 1. The van der Waals surface area contributed by atoms with Crippen LogP contribution >= 0.6 is 0 Å². The van der Waals surface area contributed by atoms with Gasteiger partial charge in [-0.05, 0) is 37.6 Å². The van der Waals surface area contributed by atoms with Gasteiger partial charge in [-0.25, -0.2) is 0 Å². The van der Waals surface area contributed by atoms with Gasteiger partial charge in [-0.3, -0.25) is 9.59 Å². The molecule has 0 heterocycles. The van der Waals surface area contributed by atoms with Gasteiger partial charge in [0, 0.05) is 11.3 Å². The van der Waals surface area contributed by atoms with E-state index in [1.54, 1.807) is 18.2 Å². The molecule has 0 aliphatic heterocycles. The van der Waals surface area contributed by atoms with Gasteiger partial charge in [0.15, 0.2) is 11.6 Å². The lowest BCUT2D eigenvalue weighted by atomic mass is 9.74. The van der Waals surface area contributed by atoms with Gasteiger partial charge in [0.05, 0.1) is 22.7 Å². The molecule has 1 atom stereocenters. The van der Waals surface area contributed by atoms with E-state index < -0.39 is 5.92 Å². The molecular weight excluding hydrogens is 314 g/mol. The molecule has 0 amide bonds. The lowest BCUT2D eigenvalue weighted by Crippen LogP contribution is -2.31. The molecule has 0 fully saturated rings. The summed E-state index contributed by atoms with van der Waals surface area (Å²) < 4.78 is 0. The fourth-order valence-corrected chi connectivity index (χ4v) is 3.40. The Morgan fingerprint density at radius 2 is 1.80 bits per heavy atom. The number of rotatable bonds is 2. The van der Waals surface area contributed by atoms with E-state index in [0.29, 0.717) is 17.7 Å². The van der Waals surface area contributed by atoms with Crippen molar-refractivity contribution in [2.45, 2.75) is 13.3 Å². The molecule has 124 valence electrons. The molecule has 25 heavy (non-hydrogen) atoms. The van der Waals surface area contributed by atoms with E-state index in [2.05, 4.69) is 5.32 Å². The first-order chi connectivity index (χ1) is 12.1. The molecule has 0 radical (unpaired) electrons. The van der Waals surface area contributed by atoms with Gasteiger partial charge in [0.1, 0.15) is 5.75 Å². The molecule has 0 aromatic heterocycles. The number of allylic oxidation sites excluding steroid dienone is 4. The molecule has 4 rings (SSSR count). The Bertz CT molecular complexity index is 952. The molecule has 0 saturated heterocycles. The standard InChI is InChI=1S/C21H17NO3/c1-12-6-8-13(9-7-12)22-16-10-11-17(23)19-18(16)20(24)14-4-2-3-5-15(14)21(19)25/h2-4,6-11,15,22-23H,5H2,1H3. The van der Waals surface area contributed by atoms with Crippen LogP contribution in [-0.2, 0) is 0 Å². The highest BCUT2D eigenvalue weighted by Gasteiger charge is 2.40. The third kappa shape index (κ3) is 2.47. The summed E-state index contributed by atoms with van der Waals surface area (Å²) in [5.41, 5.74) is 3.36. The number of fused-ring (bicyclic) bond motifs is 2. The Labute approximate surface area is 145 Å². The summed E-state index contributed by atoms with van der Waals surface area (Å²) in [7, 11) is 0. The van der Waals surface area contributed by atoms with Crippen molar-refractivity contribution in [3.05, 3.63) is 76.9 Å². The third-order valence-corrected chi connectivity index (χ3v) is 4.73. The number of aromatic hydroxyl groups is 1. The Morgan fingerprint density at radius 1 is 1.04 bits per heavy atom. The Morgan fingerprint density at radius 3 is 2.56 bits per heavy atom. The lowest BCUT2D eigenvalue weighted by molar-refractivity contribution is 0.0880. The number of carbonyl (C=O) groups excluding carboxylic acids is 2. The fourth-order valence-electron chi connectivity index (χ4n) is 3.40. The molecular formula is C21H17NO3. The van der Waals surface area contributed by atoms with Crippen LogP contribution in [0.3, 0.4) is 0 Å². The van der Waals surface area contributed by atoms with Crippen LogP contribution in [0.1, 0.15) is 32.7 Å². The van der Waals surface area contributed by atoms with Gasteiger partial charge in [0.25, 0.3) is 0 Å². The summed E-state index contributed by atoms with van der Waals surface area (Å²) in [5, 5.41) is 13.4. The minimum atomic E-state index is -0.495. The van der Waals surface area contributed by atoms with Crippen LogP contribution in [0.25, 0.3) is 0 Å². The molecule has 0 spiro atoms. The quantitative estimate of drug-likeness (QED) is 0.804. The van der Waals surface area contributed by atoms with Crippen LogP contribution in [0, 0.1) is 12.8 Å². The number of nitrogens with one attached hydrogen (secondary N) is 1. The van der Waals surface area contributed by atoms with Crippen molar-refractivity contribution in [1.29, 1.82) is 0 Å². The smallest absolute Gasteiger partial charge is 0.192 e. The van der Waals surface area contributed by atoms with Crippen molar-refractivity contribution in [2.24, 2.45) is 5.92 Å². The third-order valence-electron chi connectivity index (χ3n) is 4.73. The number of hydrogen-bond acceptors (Lipinski definition) is 4. The summed E-state index contributed by atoms with van der Waals surface area (Å²) in [6, 6.07) is 10.9. The van der Waals surface area contributed by atoms with Crippen molar-refractivity contribution in [1.82, 2.24) is 0 Å². The number of anilines is 2. The second-order valence-electron chi connectivity index (χ2n) is 6.41. The zero-order valence-corrected chi connectivity index (χ0v) is 13.7. The Kier molecular flexibility index (Phi) is 3.53. The predicted octanol–water partition coefficient (Wildman–Crippen LogP) is 4.33. The van der Waals surface area contributed by atoms with Crippen LogP contribution in [0.4, 0.5) is 11.4 Å². The summed E-state index contributed by atoms with van der Waals surface area (Å²) in [4.78, 5) is 25.9. The zero-order chi connectivity index (χ0) is 17.6. The largest absolute Gasteiger partial charge is 0.507 e.